The van der Waals surface area contributed by atoms with Crippen LogP contribution in [0.1, 0.15) is 24.3 Å². The minimum absolute atomic E-state index is 0.180. The molecule has 0 aliphatic rings. The highest BCUT2D eigenvalue weighted by Gasteiger charge is 2.18. The lowest BCUT2D eigenvalue weighted by molar-refractivity contribution is 0.424. The third kappa shape index (κ3) is 2.79. The Morgan fingerprint density at radius 1 is 1.54 bits per heavy atom. The maximum absolute atomic E-state index is 3.61. The zero-order chi connectivity index (χ0) is 10.1. The van der Waals surface area contributed by atoms with Gasteiger partial charge >= 0.3 is 0 Å². The van der Waals surface area contributed by atoms with E-state index in [1.165, 1.54) is 14.9 Å². The van der Waals surface area contributed by atoms with Crippen molar-refractivity contribution in [2.45, 2.75) is 32.7 Å². The van der Waals surface area contributed by atoms with Crippen LogP contribution < -0.4 is 5.32 Å². The molecule has 13 heavy (non-hydrogen) atoms. The normalized spacial score (nSPS) is 12.1. The number of thiophene rings is 1. The summed E-state index contributed by atoms with van der Waals surface area (Å²) in [4.78, 5) is 1.43. The number of likely N-dealkylation sites (N-methyl/N-ethyl adjacent to an activating group) is 1. The van der Waals surface area contributed by atoms with Gasteiger partial charge in [-0.3, -0.25) is 0 Å². The number of rotatable bonds is 3. The summed E-state index contributed by atoms with van der Waals surface area (Å²) in [5.41, 5.74) is 1.52. The van der Waals surface area contributed by atoms with Crippen molar-refractivity contribution in [2.24, 2.45) is 0 Å². The Kier molecular flexibility index (Phi) is 3.55. The Labute approximate surface area is 92.7 Å². The standard InChI is InChI=1S/C10H16BrNS/c1-7-6-13-8(9(7)11)5-10(2,3)12-4/h6,12H,5H2,1-4H3. The third-order valence-electron chi connectivity index (χ3n) is 2.25. The molecule has 1 nitrogen and oxygen atoms in total. The number of aryl methyl sites for hydroxylation is 1. The van der Waals surface area contributed by atoms with E-state index >= 15 is 0 Å². The molecule has 0 saturated heterocycles. The van der Waals surface area contributed by atoms with Crippen LogP contribution >= 0.6 is 27.3 Å². The van der Waals surface area contributed by atoms with Crippen LogP contribution in [0.15, 0.2) is 9.85 Å². The maximum Gasteiger partial charge on any atom is 0.0344 e. The molecule has 0 aromatic carbocycles. The molecule has 1 heterocycles. The molecule has 1 rings (SSSR count). The molecule has 0 spiro atoms. The van der Waals surface area contributed by atoms with E-state index in [1.807, 2.05) is 18.4 Å². The average molecular weight is 262 g/mol. The molecule has 1 N–H and O–H groups in total. The minimum Gasteiger partial charge on any atom is -0.314 e. The van der Waals surface area contributed by atoms with E-state index in [0.717, 1.165) is 6.42 Å². The molecule has 0 unspecified atom stereocenters. The lowest BCUT2D eigenvalue weighted by Gasteiger charge is -2.23. The molecule has 0 bridgehead atoms. The van der Waals surface area contributed by atoms with Crippen molar-refractivity contribution in [3.63, 3.8) is 0 Å². The van der Waals surface area contributed by atoms with Gasteiger partial charge in [0.2, 0.25) is 0 Å². The molecule has 0 aliphatic heterocycles. The Hall–Kier alpha value is 0.140. The predicted octanol–water partition coefficient (Wildman–Crippen LogP) is 3.36. The van der Waals surface area contributed by atoms with Crippen LogP contribution in [0.4, 0.5) is 0 Å². The summed E-state index contributed by atoms with van der Waals surface area (Å²) >= 11 is 5.45. The summed E-state index contributed by atoms with van der Waals surface area (Å²) in [5.74, 6) is 0. The molecule has 74 valence electrons. The molecule has 0 fully saturated rings. The Morgan fingerprint density at radius 2 is 2.15 bits per heavy atom. The van der Waals surface area contributed by atoms with Crippen molar-refractivity contribution in [1.82, 2.24) is 5.32 Å². The molecule has 1 aromatic heterocycles. The van der Waals surface area contributed by atoms with Crippen molar-refractivity contribution in [1.29, 1.82) is 0 Å². The largest absolute Gasteiger partial charge is 0.314 e. The lowest BCUT2D eigenvalue weighted by Crippen LogP contribution is -2.38. The van der Waals surface area contributed by atoms with E-state index < -0.39 is 0 Å². The van der Waals surface area contributed by atoms with Crippen molar-refractivity contribution < 1.29 is 0 Å². The van der Waals surface area contributed by atoms with Crippen molar-refractivity contribution in [3.8, 4) is 0 Å². The van der Waals surface area contributed by atoms with Crippen LogP contribution in [0.3, 0.4) is 0 Å². The van der Waals surface area contributed by atoms with E-state index in [-0.39, 0.29) is 5.54 Å². The molecule has 3 heteroatoms. The quantitative estimate of drug-likeness (QED) is 0.880. The van der Waals surface area contributed by atoms with Gasteiger partial charge in [-0.1, -0.05) is 0 Å². The van der Waals surface area contributed by atoms with Crippen LogP contribution in [0.2, 0.25) is 0 Å². The molecule has 0 saturated carbocycles. The van der Waals surface area contributed by atoms with Crippen LogP contribution in [-0.2, 0) is 6.42 Å². The van der Waals surface area contributed by atoms with E-state index in [1.54, 1.807) is 0 Å². The summed E-state index contributed by atoms with van der Waals surface area (Å²) in [6.45, 7) is 6.57. The second-order valence-corrected chi connectivity index (χ2v) is 5.72. The molecule has 0 radical (unpaired) electrons. The minimum atomic E-state index is 0.180. The highest BCUT2D eigenvalue weighted by atomic mass is 79.9. The molecular weight excluding hydrogens is 246 g/mol. The Balaban J connectivity index is 2.80. The summed E-state index contributed by atoms with van der Waals surface area (Å²) in [6.07, 6.45) is 1.07. The zero-order valence-corrected chi connectivity index (χ0v) is 11.0. The van der Waals surface area contributed by atoms with Gasteiger partial charge in [-0.15, -0.1) is 11.3 Å². The predicted molar refractivity (Wildman–Crippen MR) is 63.6 cm³/mol. The molecule has 0 aliphatic carbocycles. The third-order valence-corrected chi connectivity index (χ3v) is 4.72. The van der Waals surface area contributed by atoms with Gasteiger partial charge in [0.1, 0.15) is 0 Å². The van der Waals surface area contributed by atoms with E-state index in [0.29, 0.717) is 0 Å². The average Bonchev–Trinajstić information content (AvgIpc) is 2.36. The fourth-order valence-corrected chi connectivity index (χ4v) is 2.92. The van der Waals surface area contributed by atoms with Crippen LogP contribution in [0.25, 0.3) is 0 Å². The summed E-state index contributed by atoms with van der Waals surface area (Å²) in [7, 11) is 2.01. The Morgan fingerprint density at radius 3 is 2.54 bits per heavy atom. The topological polar surface area (TPSA) is 12.0 Å². The summed E-state index contributed by atoms with van der Waals surface area (Å²) in [5, 5.41) is 5.51. The summed E-state index contributed by atoms with van der Waals surface area (Å²) < 4.78 is 1.28. The SMILES string of the molecule is CNC(C)(C)Cc1scc(C)c1Br. The van der Waals surface area contributed by atoms with E-state index in [4.69, 9.17) is 0 Å². The summed E-state index contributed by atoms with van der Waals surface area (Å²) in [6, 6.07) is 0. The first kappa shape index (κ1) is 11.2. The fourth-order valence-electron chi connectivity index (χ4n) is 1.09. The highest BCUT2D eigenvalue weighted by molar-refractivity contribution is 9.10. The van der Waals surface area contributed by atoms with Crippen molar-refractivity contribution in [2.75, 3.05) is 7.05 Å². The highest BCUT2D eigenvalue weighted by Crippen LogP contribution is 2.30. The molecular formula is C10H16BrNS. The molecule has 0 amide bonds. The van der Waals surface area contributed by atoms with Crippen molar-refractivity contribution >= 4 is 27.3 Å². The van der Waals surface area contributed by atoms with Gasteiger partial charge < -0.3 is 5.32 Å². The number of hydrogen-bond acceptors (Lipinski definition) is 2. The first-order valence-electron chi connectivity index (χ1n) is 4.37. The second kappa shape index (κ2) is 4.11. The molecule has 0 atom stereocenters. The smallest absolute Gasteiger partial charge is 0.0344 e. The second-order valence-electron chi connectivity index (χ2n) is 3.97. The Bertz CT molecular complexity index is 291. The van der Waals surface area contributed by atoms with Crippen LogP contribution in [0.5, 0.6) is 0 Å². The van der Waals surface area contributed by atoms with Crippen LogP contribution in [0, 0.1) is 6.92 Å². The van der Waals surface area contributed by atoms with Crippen LogP contribution in [-0.4, -0.2) is 12.6 Å². The van der Waals surface area contributed by atoms with Crippen molar-refractivity contribution in [3.05, 3.63) is 20.3 Å². The van der Waals surface area contributed by atoms with Gasteiger partial charge in [0.05, 0.1) is 0 Å². The van der Waals surface area contributed by atoms with Gasteiger partial charge in [-0.25, -0.2) is 0 Å². The number of nitrogens with one attached hydrogen (secondary N) is 1. The first-order chi connectivity index (χ1) is 5.96. The molecule has 1 aromatic rings. The van der Waals surface area contributed by atoms with E-state index in [2.05, 4.69) is 47.4 Å². The van der Waals surface area contributed by atoms with Gasteiger partial charge in [0.25, 0.3) is 0 Å². The van der Waals surface area contributed by atoms with Gasteiger partial charge in [0.15, 0.2) is 0 Å². The zero-order valence-electron chi connectivity index (χ0n) is 8.57. The van der Waals surface area contributed by atoms with E-state index in [9.17, 15) is 0 Å². The van der Waals surface area contributed by atoms with Gasteiger partial charge in [-0.2, -0.15) is 0 Å². The number of hydrogen-bond donors (Lipinski definition) is 1. The number of halogens is 1. The maximum atomic E-state index is 3.61. The monoisotopic (exact) mass is 261 g/mol. The lowest BCUT2D eigenvalue weighted by atomic mass is 10.00. The van der Waals surface area contributed by atoms with Gasteiger partial charge in [-0.05, 0) is 54.7 Å². The fraction of sp³-hybridized carbons (Fsp3) is 0.600. The van der Waals surface area contributed by atoms with Gasteiger partial charge in [0, 0.05) is 21.3 Å². The first-order valence-corrected chi connectivity index (χ1v) is 6.05.